The lowest BCUT2D eigenvalue weighted by atomic mass is 10.1. The van der Waals surface area contributed by atoms with Crippen molar-refractivity contribution in [1.29, 1.82) is 0 Å². The highest BCUT2D eigenvalue weighted by Crippen LogP contribution is 2.32. The number of esters is 1. The second kappa shape index (κ2) is 7.70. The van der Waals surface area contributed by atoms with Crippen LogP contribution in [0.4, 0.5) is 0 Å². The summed E-state index contributed by atoms with van der Waals surface area (Å²) >= 11 is 0. The first-order valence-corrected chi connectivity index (χ1v) is 5.82. The van der Waals surface area contributed by atoms with Crippen molar-refractivity contribution >= 4 is 12.0 Å². The summed E-state index contributed by atoms with van der Waals surface area (Å²) in [7, 11) is 2.98. The summed E-state index contributed by atoms with van der Waals surface area (Å²) in [6.45, 7) is 1.85. The molecule has 0 radical (unpaired) electrons. The fraction of sp³-hybridized carbons (Fsp3) is 0.308. The zero-order valence-electron chi connectivity index (χ0n) is 11.5. The second-order valence-electron chi connectivity index (χ2n) is 3.52. The summed E-state index contributed by atoms with van der Waals surface area (Å²) < 4.78 is 15.2. The molecule has 0 aromatic heterocycles. The Morgan fingerprint density at radius 2 is 2.15 bits per heavy atom. The number of hydrogen-bond donors (Lipinski definition) is 0. The van der Waals surface area contributed by atoms with E-state index in [1.165, 1.54) is 20.3 Å². The largest absolute Gasteiger partial charge is 0.493 e. The molecular weight excluding hydrogens is 262 g/mol. The van der Waals surface area contributed by atoms with E-state index in [0.29, 0.717) is 17.1 Å². The maximum Gasteiger partial charge on any atom is 0.340 e. The Hall–Kier alpha value is -2.66. The van der Waals surface area contributed by atoms with Gasteiger partial charge in [-0.3, -0.25) is 0 Å². The van der Waals surface area contributed by atoms with Gasteiger partial charge in [-0.25, -0.2) is 4.79 Å². The van der Waals surface area contributed by atoms with Crippen molar-refractivity contribution in [2.75, 3.05) is 20.8 Å². The summed E-state index contributed by atoms with van der Waals surface area (Å²) in [5.41, 5.74) is 8.90. The molecule has 0 fully saturated rings. The van der Waals surface area contributed by atoms with Crippen molar-refractivity contribution < 1.29 is 19.0 Å². The first-order chi connectivity index (χ1) is 9.67. The van der Waals surface area contributed by atoms with Crippen molar-refractivity contribution in [2.24, 2.45) is 5.11 Å². The molecule has 0 heterocycles. The van der Waals surface area contributed by atoms with Crippen molar-refractivity contribution in [1.82, 2.24) is 0 Å². The molecule has 0 aliphatic rings. The first-order valence-electron chi connectivity index (χ1n) is 5.82. The molecule has 7 nitrogen and oxygen atoms in total. The SMILES string of the molecule is CCOC(=O)C(=Cc1cccc(OC)c1OC)N=[N+]=[N-]. The van der Waals surface area contributed by atoms with Gasteiger partial charge in [-0.05, 0) is 24.6 Å². The molecule has 0 spiro atoms. The minimum Gasteiger partial charge on any atom is -0.493 e. The predicted molar refractivity (Wildman–Crippen MR) is 73.3 cm³/mol. The van der Waals surface area contributed by atoms with Gasteiger partial charge in [0.2, 0.25) is 0 Å². The number of hydrogen-bond acceptors (Lipinski definition) is 5. The Bertz CT molecular complexity index is 563. The van der Waals surface area contributed by atoms with Gasteiger partial charge in [0.1, 0.15) is 5.70 Å². The summed E-state index contributed by atoms with van der Waals surface area (Å²) in [4.78, 5) is 14.3. The average molecular weight is 277 g/mol. The third-order valence-corrected chi connectivity index (χ3v) is 2.36. The van der Waals surface area contributed by atoms with Gasteiger partial charge in [0.15, 0.2) is 11.5 Å². The van der Waals surface area contributed by atoms with Crippen LogP contribution < -0.4 is 9.47 Å². The zero-order valence-corrected chi connectivity index (χ0v) is 11.5. The molecule has 0 aliphatic carbocycles. The number of nitrogens with zero attached hydrogens (tertiary/aromatic N) is 3. The van der Waals surface area contributed by atoms with Crippen LogP contribution in [0.2, 0.25) is 0 Å². The molecule has 0 amide bonds. The van der Waals surface area contributed by atoms with Gasteiger partial charge in [-0.15, -0.1) is 0 Å². The van der Waals surface area contributed by atoms with Crippen LogP contribution in [0.25, 0.3) is 16.5 Å². The maximum absolute atomic E-state index is 11.7. The van der Waals surface area contributed by atoms with E-state index < -0.39 is 5.97 Å². The topological polar surface area (TPSA) is 93.5 Å². The fourth-order valence-electron chi connectivity index (χ4n) is 1.55. The van der Waals surface area contributed by atoms with E-state index in [2.05, 4.69) is 10.0 Å². The minimum atomic E-state index is -0.699. The van der Waals surface area contributed by atoms with E-state index in [1.807, 2.05) is 0 Å². The number of azide groups is 1. The average Bonchev–Trinajstić information content (AvgIpc) is 2.46. The van der Waals surface area contributed by atoms with Crippen molar-refractivity contribution in [3.63, 3.8) is 0 Å². The molecule has 1 aromatic carbocycles. The number of carbonyl (C=O) groups excluding carboxylic acids is 1. The van der Waals surface area contributed by atoms with Crippen LogP contribution in [-0.2, 0) is 9.53 Å². The van der Waals surface area contributed by atoms with Gasteiger partial charge in [0.05, 0.1) is 20.8 Å². The smallest absolute Gasteiger partial charge is 0.340 e. The molecule has 0 unspecified atom stereocenters. The molecule has 0 saturated carbocycles. The van der Waals surface area contributed by atoms with Crippen LogP contribution in [-0.4, -0.2) is 26.8 Å². The number of carbonyl (C=O) groups is 1. The van der Waals surface area contributed by atoms with Crippen molar-refractivity contribution in [2.45, 2.75) is 6.92 Å². The van der Waals surface area contributed by atoms with Gasteiger partial charge in [-0.1, -0.05) is 17.2 Å². The van der Waals surface area contributed by atoms with Crippen molar-refractivity contribution in [3.8, 4) is 11.5 Å². The van der Waals surface area contributed by atoms with Crippen LogP contribution in [0.15, 0.2) is 29.0 Å². The Morgan fingerprint density at radius 1 is 1.40 bits per heavy atom. The third-order valence-electron chi connectivity index (χ3n) is 2.36. The molecule has 1 rings (SSSR count). The Kier molecular flexibility index (Phi) is 5.93. The van der Waals surface area contributed by atoms with E-state index >= 15 is 0 Å². The highest BCUT2D eigenvalue weighted by atomic mass is 16.5. The summed E-state index contributed by atoms with van der Waals surface area (Å²) in [6, 6.07) is 5.15. The number of para-hydroxylation sites is 1. The van der Waals surface area contributed by atoms with Crippen LogP contribution in [0.5, 0.6) is 11.5 Å². The standard InChI is InChI=1S/C13H15N3O4/c1-4-20-13(17)10(15-16-14)8-9-6-5-7-11(18-2)12(9)19-3/h5-8H,4H2,1-3H3. The monoisotopic (exact) mass is 277 g/mol. The molecule has 0 atom stereocenters. The Labute approximate surface area is 116 Å². The van der Waals surface area contributed by atoms with Gasteiger partial charge < -0.3 is 14.2 Å². The maximum atomic E-state index is 11.7. The first kappa shape index (κ1) is 15.4. The molecule has 0 saturated heterocycles. The third kappa shape index (κ3) is 3.66. The number of rotatable bonds is 6. The van der Waals surface area contributed by atoms with Crippen LogP contribution in [0.1, 0.15) is 12.5 Å². The van der Waals surface area contributed by atoms with E-state index in [0.717, 1.165) is 0 Å². The summed E-state index contributed by atoms with van der Waals surface area (Å²) in [5, 5.41) is 3.34. The van der Waals surface area contributed by atoms with Crippen LogP contribution >= 0.6 is 0 Å². The molecular formula is C13H15N3O4. The second-order valence-corrected chi connectivity index (χ2v) is 3.52. The highest BCUT2D eigenvalue weighted by molar-refractivity contribution is 5.93. The molecule has 20 heavy (non-hydrogen) atoms. The van der Waals surface area contributed by atoms with E-state index in [1.54, 1.807) is 25.1 Å². The quantitative estimate of drug-likeness (QED) is 0.262. The predicted octanol–water partition coefficient (Wildman–Crippen LogP) is 2.92. The van der Waals surface area contributed by atoms with Crippen LogP contribution in [0, 0.1) is 0 Å². The molecule has 1 aromatic rings. The van der Waals surface area contributed by atoms with E-state index in [4.69, 9.17) is 19.7 Å². The number of ether oxygens (including phenoxy) is 3. The Balaban J connectivity index is 3.30. The highest BCUT2D eigenvalue weighted by Gasteiger charge is 2.12. The van der Waals surface area contributed by atoms with Gasteiger partial charge in [0, 0.05) is 10.5 Å². The number of benzene rings is 1. The van der Waals surface area contributed by atoms with Gasteiger partial charge in [0.25, 0.3) is 0 Å². The normalized spacial score (nSPS) is 10.4. The lowest BCUT2D eigenvalue weighted by Crippen LogP contribution is -2.05. The fourth-order valence-corrected chi connectivity index (χ4v) is 1.55. The van der Waals surface area contributed by atoms with Crippen molar-refractivity contribution in [3.05, 3.63) is 39.9 Å². The lowest BCUT2D eigenvalue weighted by molar-refractivity contribution is -0.138. The van der Waals surface area contributed by atoms with Crippen LogP contribution in [0.3, 0.4) is 0 Å². The summed E-state index contributed by atoms with van der Waals surface area (Å²) in [6.07, 6.45) is 1.39. The summed E-state index contributed by atoms with van der Waals surface area (Å²) in [5.74, 6) is 0.241. The zero-order chi connectivity index (χ0) is 15.0. The van der Waals surface area contributed by atoms with Gasteiger partial charge in [-0.2, -0.15) is 0 Å². The van der Waals surface area contributed by atoms with E-state index in [9.17, 15) is 4.79 Å². The number of methoxy groups -OCH3 is 2. The minimum absolute atomic E-state index is 0.152. The molecule has 0 N–H and O–H groups in total. The lowest BCUT2D eigenvalue weighted by Gasteiger charge is -2.10. The molecule has 0 aliphatic heterocycles. The molecule has 106 valence electrons. The van der Waals surface area contributed by atoms with E-state index in [-0.39, 0.29) is 12.3 Å². The Morgan fingerprint density at radius 3 is 2.70 bits per heavy atom. The molecule has 0 bridgehead atoms. The molecule has 7 heteroatoms. The van der Waals surface area contributed by atoms with Gasteiger partial charge >= 0.3 is 5.97 Å².